The van der Waals surface area contributed by atoms with E-state index in [9.17, 15) is 9.59 Å². The molecule has 0 aliphatic rings. The van der Waals surface area contributed by atoms with Crippen LogP contribution < -0.4 is 10.1 Å². The number of carbonyl (C=O) groups is 2. The van der Waals surface area contributed by atoms with Crippen LogP contribution in [0.2, 0.25) is 0 Å². The molecule has 0 radical (unpaired) electrons. The summed E-state index contributed by atoms with van der Waals surface area (Å²) < 4.78 is 5.61. The maximum atomic E-state index is 11.0. The summed E-state index contributed by atoms with van der Waals surface area (Å²) in [6.45, 7) is 0.440. The zero-order chi connectivity index (χ0) is 15.1. The SMILES string of the molecule is O=CNC(C(=O)O)c1ccc(OCc2ccccc2)cc1. The summed E-state index contributed by atoms with van der Waals surface area (Å²) in [5, 5.41) is 11.3. The zero-order valence-corrected chi connectivity index (χ0v) is 11.2. The average molecular weight is 285 g/mol. The maximum absolute atomic E-state index is 11.0. The smallest absolute Gasteiger partial charge is 0.330 e. The Morgan fingerprint density at radius 3 is 2.38 bits per heavy atom. The van der Waals surface area contributed by atoms with Crippen molar-refractivity contribution in [1.82, 2.24) is 5.32 Å². The van der Waals surface area contributed by atoms with Gasteiger partial charge in [-0.2, -0.15) is 0 Å². The lowest BCUT2D eigenvalue weighted by Gasteiger charge is -2.12. The molecule has 0 aliphatic heterocycles. The predicted octanol–water partition coefficient (Wildman–Crippen LogP) is 2.14. The van der Waals surface area contributed by atoms with Crippen molar-refractivity contribution in [3.8, 4) is 5.75 Å². The lowest BCUT2D eigenvalue weighted by molar-refractivity contribution is -0.140. The molecule has 21 heavy (non-hydrogen) atoms. The number of carboxylic acid groups (broad SMARTS) is 1. The molecule has 2 aromatic carbocycles. The van der Waals surface area contributed by atoms with Gasteiger partial charge in [0.1, 0.15) is 12.4 Å². The number of hydrogen-bond acceptors (Lipinski definition) is 3. The first-order valence-corrected chi connectivity index (χ1v) is 6.40. The largest absolute Gasteiger partial charge is 0.489 e. The normalized spacial score (nSPS) is 11.4. The summed E-state index contributed by atoms with van der Waals surface area (Å²) >= 11 is 0. The average Bonchev–Trinajstić information content (AvgIpc) is 2.52. The van der Waals surface area contributed by atoms with Gasteiger partial charge < -0.3 is 15.2 Å². The van der Waals surface area contributed by atoms with Gasteiger partial charge in [-0.05, 0) is 23.3 Å². The second kappa shape index (κ2) is 7.09. The highest BCUT2D eigenvalue weighted by molar-refractivity contribution is 5.78. The van der Waals surface area contributed by atoms with Gasteiger partial charge in [-0.1, -0.05) is 42.5 Å². The summed E-state index contributed by atoms with van der Waals surface area (Å²) in [5.74, 6) is -0.474. The van der Waals surface area contributed by atoms with Gasteiger partial charge in [0, 0.05) is 0 Å². The Kier molecular flexibility index (Phi) is 4.93. The number of amides is 1. The molecule has 0 aliphatic carbocycles. The second-order valence-corrected chi connectivity index (χ2v) is 4.40. The van der Waals surface area contributed by atoms with Gasteiger partial charge >= 0.3 is 5.97 Å². The van der Waals surface area contributed by atoms with Gasteiger partial charge in [-0.25, -0.2) is 4.79 Å². The quantitative estimate of drug-likeness (QED) is 0.764. The van der Waals surface area contributed by atoms with Gasteiger partial charge in [0.05, 0.1) is 0 Å². The Hall–Kier alpha value is -2.82. The van der Waals surface area contributed by atoms with Crippen LogP contribution in [0.4, 0.5) is 0 Å². The van der Waals surface area contributed by atoms with Gasteiger partial charge in [0.15, 0.2) is 6.04 Å². The summed E-state index contributed by atoms with van der Waals surface area (Å²) in [5.41, 5.74) is 1.54. The van der Waals surface area contributed by atoms with Gasteiger partial charge in [-0.15, -0.1) is 0 Å². The first-order valence-electron chi connectivity index (χ1n) is 6.40. The molecule has 1 amide bonds. The van der Waals surface area contributed by atoms with E-state index < -0.39 is 12.0 Å². The molecule has 0 spiro atoms. The molecule has 0 heterocycles. The first-order chi connectivity index (χ1) is 10.2. The molecule has 0 bridgehead atoms. The van der Waals surface area contributed by atoms with Crippen molar-refractivity contribution >= 4 is 12.4 Å². The number of aliphatic carboxylic acids is 1. The molecule has 2 aromatic rings. The Labute approximate surface area is 122 Å². The van der Waals surface area contributed by atoms with Crippen LogP contribution in [0.25, 0.3) is 0 Å². The molecular weight excluding hydrogens is 270 g/mol. The van der Waals surface area contributed by atoms with Crippen molar-refractivity contribution in [2.45, 2.75) is 12.6 Å². The fourth-order valence-corrected chi connectivity index (χ4v) is 1.88. The molecule has 5 nitrogen and oxygen atoms in total. The summed E-state index contributed by atoms with van der Waals surface area (Å²) in [6.07, 6.45) is 0.374. The molecule has 1 unspecified atom stereocenters. The van der Waals surface area contributed by atoms with Crippen LogP contribution in [0.1, 0.15) is 17.2 Å². The Morgan fingerprint density at radius 1 is 1.14 bits per heavy atom. The van der Waals surface area contributed by atoms with E-state index in [2.05, 4.69) is 5.32 Å². The number of nitrogens with one attached hydrogen (secondary N) is 1. The van der Waals surface area contributed by atoms with E-state index in [1.165, 1.54) is 0 Å². The van der Waals surface area contributed by atoms with Crippen molar-refractivity contribution in [3.05, 3.63) is 65.7 Å². The fourth-order valence-electron chi connectivity index (χ4n) is 1.88. The van der Waals surface area contributed by atoms with Crippen LogP contribution in [0.3, 0.4) is 0 Å². The molecule has 0 fully saturated rings. The van der Waals surface area contributed by atoms with E-state index in [4.69, 9.17) is 9.84 Å². The van der Waals surface area contributed by atoms with Gasteiger partial charge in [0.2, 0.25) is 6.41 Å². The number of benzene rings is 2. The van der Waals surface area contributed by atoms with E-state index >= 15 is 0 Å². The highest BCUT2D eigenvalue weighted by atomic mass is 16.5. The molecule has 108 valence electrons. The molecule has 5 heteroatoms. The monoisotopic (exact) mass is 285 g/mol. The molecular formula is C16H15NO4. The van der Waals surface area contributed by atoms with Crippen LogP contribution in [0.5, 0.6) is 5.75 Å². The number of rotatable bonds is 7. The third-order valence-corrected chi connectivity index (χ3v) is 2.94. The molecule has 2 N–H and O–H groups in total. The van der Waals surface area contributed by atoms with E-state index in [1.54, 1.807) is 24.3 Å². The van der Waals surface area contributed by atoms with Crippen LogP contribution in [-0.2, 0) is 16.2 Å². The highest BCUT2D eigenvalue weighted by Crippen LogP contribution is 2.19. The first kappa shape index (κ1) is 14.6. The summed E-state index contributed by atoms with van der Waals surface area (Å²) in [4.78, 5) is 21.5. The lowest BCUT2D eigenvalue weighted by atomic mass is 10.1. The van der Waals surface area contributed by atoms with Gasteiger partial charge in [0.25, 0.3) is 0 Å². The fraction of sp³-hybridized carbons (Fsp3) is 0.125. The van der Waals surface area contributed by atoms with E-state index in [0.717, 1.165) is 5.56 Å². The number of ether oxygens (including phenoxy) is 1. The van der Waals surface area contributed by atoms with Crippen molar-refractivity contribution in [1.29, 1.82) is 0 Å². The number of hydrogen-bond donors (Lipinski definition) is 2. The standard InChI is InChI=1S/C16H15NO4/c18-11-17-15(16(19)20)13-6-8-14(9-7-13)21-10-12-4-2-1-3-5-12/h1-9,11,15H,10H2,(H,17,18)(H,19,20). The van der Waals surface area contributed by atoms with Crippen LogP contribution in [0.15, 0.2) is 54.6 Å². The Morgan fingerprint density at radius 2 is 1.81 bits per heavy atom. The molecule has 2 rings (SSSR count). The third-order valence-electron chi connectivity index (χ3n) is 2.94. The third kappa shape index (κ3) is 4.07. The van der Waals surface area contributed by atoms with E-state index in [0.29, 0.717) is 24.3 Å². The van der Waals surface area contributed by atoms with E-state index in [1.807, 2.05) is 30.3 Å². The predicted molar refractivity (Wildman–Crippen MR) is 76.8 cm³/mol. The summed E-state index contributed by atoms with van der Waals surface area (Å²) in [6, 6.07) is 15.3. The van der Waals surface area contributed by atoms with Crippen molar-refractivity contribution in [2.75, 3.05) is 0 Å². The summed E-state index contributed by atoms with van der Waals surface area (Å²) in [7, 11) is 0. The maximum Gasteiger partial charge on any atom is 0.330 e. The molecule has 0 saturated heterocycles. The topological polar surface area (TPSA) is 75.6 Å². The molecule has 0 aromatic heterocycles. The minimum absolute atomic E-state index is 0.374. The Bertz CT molecular complexity index is 595. The second-order valence-electron chi connectivity index (χ2n) is 4.40. The minimum Gasteiger partial charge on any atom is -0.489 e. The molecule has 0 saturated carbocycles. The number of carboxylic acids is 1. The zero-order valence-electron chi connectivity index (χ0n) is 11.2. The Balaban J connectivity index is 2.01. The minimum atomic E-state index is -1.11. The van der Waals surface area contributed by atoms with Gasteiger partial charge in [-0.3, -0.25) is 4.79 Å². The van der Waals surface area contributed by atoms with Crippen LogP contribution >= 0.6 is 0 Å². The lowest BCUT2D eigenvalue weighted by Crippen LogP contribution is -2.27. The van der Waals surface area contributed by atoms with Crippen molar-refractivity contribution in [3.63, 3.8) is 0 Å². The highest BCUT2D eigenvalue weighted by Gasteiger charge is 2.18. The van der Waals surface area contributed by atoms with Crippen molar-refractivity contribution < 1.29 is 19.4 Å². The van der Waals surface area contributed by atoms with Crippen molar-refractivity contribution in [2.24, 2.45) is 0 Å². The number of carbonyl (C=O) groups excluding carboxylic acids is 1. The van der Waals surface area contributed by atoms with Crippen LogP contribution in [0, 0.1) is 0 Å². The van der Waals surface area contributed by atoms with Crippen LogP contribution in [-0.4, -0.2) is 17.5 Å². The van der Waals surface area contributed by atoms with E-state index in [-0.39, 0.29) is 0 Å². The molecule has 1 atom stereocenters.